The molecule has 1 fully saturated rings. The maximum Gasteiger partial charge on any atom is 0.251 e. The van der Waals surface area contributed by atoms with Crippen LogP contribution in [0.5, 0.6) is 0 Å². The SMILES string of the molecule is O=C(NCCNS(=O)(=O)c1cccc(Cl)c1)c1ccc(NC(=O)C2CCCC2)cc1. The van der Waals surface area contributed by atoms with Gasteiger partial charge in [-0.15, -0.1) is 0 Å². The summed E-state index contributed by atoms with van der Waals surface area (Å²) in [6.45, 7) is 0.162. The Kier molecular flexibility index (Phi) is 7.47. The van der Waals surface area contributed by atoms with Crippen LogP contribution in [0.15, 0.2) is 53.4 Å². The van der Waals surface area contributed by atoms with Gasteiger partial charge >= 0.3 is 0 Å². The van der Waals surface area contributed by atoms with Gasteiger partial charge < -0.3 is 10.6 Å². The van der Waals surface area contributed by atoms with Crippen LogP contribution in [0.1, 0.15) is 36.0 Å². The molecule has 7 nitrogen and oxygen atoms in total. The number of benzene rings is 2. The first-order valence-corrected chi connectivity index (χ1v) is 11.7. The van der Waals surface area contributed by atoms with E-state index < -0.39 is 10.0 Å². The number of hydrogen-bond acceptors (Lipinski definition) is 4. The molecule has 0 radical (unpaired) electrons. The lowest BCUT2D eigenvalue weighted by atomic mass is 10.1. The van der Waals surface area contributed by atoms with Gasteiger partial charge in [-0.25, -0.2) is 13.1 Å². The molecule has 0 spiro atoms. The van der Waals surface area contributed by atoms with E-state index in [2.05, 4.69) is 15.4 Å². The number of carbonyl (C=O) groups excluding carboxylic acids is 2. The molecule has 160 valence electrons. The molecule has 0 heterocycles. The van der Waals surface area contributed by atoms with E-state index >= 15 is 0 Å². The Balaban J connectivity index is 1.45. The van der Waals surface area contributed by atoms with E-state index in [1.54, 1.807) is 36.4 Å². The van der Waals surface area contributed by atoms with E-state index in [4.69, 9.17) is 11.6 Å². The van der Waals surface area contributed by atoms with Gasteiger partial charge in [0.1, 0.15) is 0 Å². The van der Waals surface area contributed by atoms with Crippen molar-refractivity contribution in [3.05, 3.63) is 59.1 Å². The van der Waals surface area contributed by atoms with E-state index in [0.717, 1.165) is 25.7 Å². The van der Waals surface area contributed by atoms with Crippen LogP contribution in [-0.2, 0) is 14.8 Å². The lowest BCUT2D eigenvalue weighted by molar-refractivity contribution is -0.119. The second-order valence-corrected chi connectivity index (χ2v) is 9.36. The van der Waals surface area contributed by atoms with Crippen LogP contribution < -0.4 is 15.4 Å². The van der Waals surface area contributed by atoms with Gasteiger partial charge in [-0.2, -0.15) is 0 Å². The Hall–Kier alpha value is -2.42. The third-order valence-corrected chi connectivity index (χ3v) is 6.64. The molecule has 2 aromatic rings. The van der Waals surface area contributed by atoms with Gasteiger partial charge in [0.15, 0.2) is 0 Å². The molecule has 1 saturated carbocycles. The fraction of sp³-hybridized carbons (Fsp3) is 0.333. The zero-order valence-corrected chi connectivity index (χ0v) is 17.9. The number of carbonyl (C=O) groups is 2. The molecular formula is C21H24ClN3O4S. The highest BCUT2D eigenvalue weighted by Gasteiger charge is 2.22. The Morgan fingerprint density at radius 3 is 2.37 bits per heavy atom. The Morgan fingerprint density at radius 1 is 1.00 bits per heavy atom. The Morgan fingerprint density at radius 2 is 1.70 bits per heavy atom. The van der Waals surface area contributed by atoms with Gasteiger partial charge in [0, 0.05) is 35.3 Å². The molecule has 30 heavy (non-hydrogen) atoms. The van der Waals surface area contributed by atoms with Crippen LogP contribution in [0.3, 0.4) is 0 Å². The lowest BCUT2D eigenvalue weighted by Gasteiger charge is -2.11. The van der Waals surface area contributed by atoms with Crippen molar-refractivity contribution < 1.29 is 18.0 Å². The van der Waals surface area contributed by atoms with Crippen LogP contribution in [0.4, 0.5) is 5.69 Å². The average molecular weight is 450 g/mol. The highest BCUT2D eigenvalue weighted by atomic mass is 35.5. The Labute approximate surface area is 181 Å². The number of halogens is 1. The summed E-state index contributed by atoms with van der Waals surface area (Å²) in [6.07, 6.45) is 4.03. The number of anilines is 1. The molecule has 9 heteroatoms. The molecular weight excluding hydrogens is 426 g/mol. The third-order valence-electron chi connectivity index (χ3n) is 4.95. The predicted octanol–water partition coefficient (Wildman–Crippen LogP) is 3.18. The minimum atomic E-state index is -3.70. The maximum absolute atomic E-state index is 12.2. The van der Waals surface area contributed by atoms with Crippen LogP contribution in [0.25, 0.3) is 0 Å². The van der Waals surface area contributed by atoms with E-state index in [9.17, 15) is 18.0 Å². The van der Waals surface area contributed by atoms with Crippen molar-refractivity contribution >= 4 is 39.1 Å². The second-order valence-electron chi connectivity index (χ2n) is 7.16. The first kappa shape index (κ1) is 22.3. The zero-order chi connectivity index (χ0) is 21.6. The van der Waals surface area contributed by atoms with Crippen LogP contribution in [-0.4, -0.2) is 33.3 Å². The first-order valence-electron chi connectivity index (χ1n) is 9.79. The summed E-state index contributed by atoms with van der Waals surface area (Å²) in [5.41, 5.74) is 1.07. The largest absolute Gasteiger partial charge is 0.351 e. The smallest absolute Gasteiger partial charge is 0.251 e. The highest BCUT2D eigenvalue weighted by molar-refractivity contribution is 7.89. The van der Waals surface area contributed by atoms with Gasteiger partial charge in [-0.3, -0.25) is 9.59 Å². The van der Waals surface area contributed by atoms with Crippen molar-refractivity contribution in [3.63, 3.8) is 0 Å². The molecule has 3 rings (SSSR count). The molecule has 1 aliphatic carbocycles. The zero-order valence-electron chi connectivity index (χ0n) is 16.4. The molecule has 0 aromatic heterocycles. The number of nitrogens with one attached hydrogen (secondary N) is 3. The van der Waals surface area contributed by atoms with Crippen LogP contribution in [0, 0.1) is 5.92 Å². The number of rotatable bonds is 8. The third kappa shape index (κ3) is 6.04. The second kappa shape index (κ2) is 10.1. The summed E-state index contributed by atoms with van der Waals surface area (Å²) >= 11 is 5.82. The van der Waals surface area contributed by atoms with Gasteiger partial charge in [0.2, 0.25) is 15.9 Å². The molecule has 3 N–H and O–H groups in total. The number of hydrogen-bond donors (Lipinski definition) is 3. The molecule has 0 aliphatic heterocycles. The molecule has 0 saturated heterocycles. The van der Waals surface area contributed by atoms with Crippen molar-refractivity contribution in [2.75, 3.05) is 18.4 Å². The molecule has 0 unspecified atom stereocenters. The minimum absolute atomic E-state index is 0.0247. The standard InChI is InChI=1S/C21H24ClN3O4S/c22-17-6-3-7-19(14-17)30(28,29)24-13-12-23-20(26)16-8-10-18(11-9-16)25-21(27)15-4-1-2-5-15/h3,6-11,14-15,24H,1-2,4-5,12-13H2,(H,23,26)(H,25,27). The Bertz CT molecular complexity index is 1000. The topological polar surface area (TPSA) is 104 Å². The van der Waals surface area contributed by atoms with E-state index in [1.807, 2.05) is 0 Å². The molecule has 1 aliphatic rings. The van der Waals surface area contributed by atoms with Gasteiger partial charge in [0.25, 0.3) is 5.91 Å². The summed E-state index contributed by atoms with van der Waals surface area (Å²) in [5.74, 6) is -0.231. The number of amides is 2. The molecule has 0 bridgehead atoms. The average Bonchev–Trinajstić information content (AvgIpc) is 3.27. The summed E-state index contributed by atoms with van der Waals surface area (Å²) < 4.78 is 26.8. The lowest BCUT2D eigenvalue weighted by Crippen LogP contribution is -2.34. The summed E-state index contributed by atoms with van der Waals surface area (Å²) in [7, 11) is -3.70. The van der Waals surface area contributed by atoms with Crippen molar-refractivity contribution in [1.29, 1.82) is 0 Å². The van der Waals surface area contributed by atoms with E-state index in [-0.39, 0.29) is 35.7 Å². The van der Waals surface area contributed by atoms with Gasteiger partial charge in [0.05, 0.1) is 4.90 Å². The molecule has 2 aromatic carbocycles. The maximum atomic E-state index is 12.2. The van der Waals surface area contributed by atoms with Crippen LogP contribution >= 0.6 is 11.6 Å². The normalized spacial score (nSPS) is 14.4. The summed E-state index contributed by atoms with van der Waals surface area (Å²) in [4.78, 5) is 24.5. The fourth-order valence-corrected chi connectivity index (χ4v) is 4.65. The molecule has 2 amide bonds. The minimum Gasteiger partial charge on any atom is -0.351 e. The van der Waals surface area contributed by atoms with Gasteiger partial charge in [-0.1, -0.05) is 30.5 Å². The fourth-order valence-electron chi connectivity index (χ4n) is 3.32. The van der Waals surface area contributed by atoms with Crippen molar-refractivity contribution in [3.8, 4) is 0 Å². The summed E-state index contributed by atoms with van der Waals surface area (Å²) in [5, 5.41) is 5.87. The first-order chi connectivity index (χ1) is 14.3. The van der Waals surface area contributed by atoms with E-state index in [0.29, 0.717) is 16.3 Å². The summed E-state index contributed by atoms with van der Waals surface area (Å²) in [6, 6.07) is 12.6. The quantitative estimate of drug-likeness (QED) is 0.538. The predicted molar refractivity (Wildman–Crippen MR) is 116 cm³/mol. The molecule has 0 atom stereocenters. The van der Waals surface area contributed by atoms with Crippen molar-refractivity contribution in [2.24, 2.45) is 5.92 Å². The monoisotopic (exact) mass is 449 g/mol. The number of sulfonamides is 1. The van der Waals surface area contributed by atoms with Crippen molar-refractivity contribution in [2.45, 2.75) is 30.6 Å². The van der Waals surface area contributed by atoms with Crippen molar-refractivity contribution in [1.82, 2.24) is 10.0 Å². The van der Waals surface area contributed by atoms with E-state index in [1.165, 1.54) is 12.1 Å². The van der Waals surface area contributed by atoms with Gasteiger partial charge in [-0.05, 0) is 55.3 Å². The highest BCUT2D eigenvalue weighted by Crippen LogP contribution is 2.26. The van der Waals surface area contributed by atoms with Crippen LogP contribution in [0.2, 0.25) is 5.02 Å².